The summed E-state index contributed by atoms with van der Waals surface area (Å²) in [7, 11) is 0. The van der Waals surface area contributed by atoms with E-state index in [9.17, 15) is 4.79 Å². The molecule has 0 bridgehead atoms. The highest BCUT2D eigenvalue weighted by Gasteiger charge is 2.04. The van der Waals surface area contributed by atoms with Gasteiger partial charge in [-0.1, -0.05) is 5.16 Å². The van der Waals surface area contributed by atoms with Crippen LogP contribution in [0.15, 0.2) is 21.5 Å². The van der Waals surface area contributed by atoms with Crippen LogP contribution in [0.25, 0.3) is 5.65 Å². The molecule has 0 spiro atoms. The fraction of sp³-hybridized carbons (Fsp3) is 0.300. The molecule has 9 heteroatoms. The molecule has 3 heterocycles. The van der Waals surface area contributed by atoms with Crippen molar-refractivity contribution >= 4 is 11.5 Å². The van der Waals surface area contributed by atoms with Gasteiger partial charge in [0.05, 0.1) is 0 Å². The SMILES string of the molecule is Cc1noc(CCNc2ccc3n[nH]c(=O)n3n2)n1. The molecule has 9 nitrogen and oxygen atoms in total. The molecule has 0 saturated carbocycles. The first-order valence-electron chi connectivity index (χ1n) is 5.70. The molecular formula is C10H11N7O2. The smallest absolute Gasteiger partial charge is 0.364 e. The van der Waals surface area contributed by atoms with Crippen LogP contribution in [-0.4, -0.2) is 36.5 Å². The Hall–Kier alpha value is -2.71. The van der Waals surface area contributed by atoms with Gasteiger partial charge in [-0.3, -0.25) is 0 Å². The van der Waals surface area contributed by atoms with E-state index in [1.807, 2.05) is 0 Å². The van der Waals surface area contributed by atoms with Gasteiger partial charge in [0.2, 0.25) is 5.89 Å². The minimum absolute atomic E-state index is 0.369. The third kappa shape index (κ3) is 2.30. The molecule has 98 valence electrons. The second-order valence-corrected chi connectivity index (χ2v) is 3.93. The number of H-pyrrole nitrogens is 1. The molecule has 0 aliphatic carbocycles. The lowest BCUT2D eigenvalue weighted by atomic mass is 10.4. The normalized spacial score (nSPS) is 11.0. The van der Waals surface area contributed by atoms with Gasteiger partial charge in [-0.25, -0.2) is 9.89 Å². The zero-order chi connectivity index (χ0) is 13.2. The highest BCUT2D eigenvalue weighted by atomic mass is 16.5. The fourth-order valence-corrected chi connectivity index (χ4v) is 1.64. The zero-order valence-electron chi connectivity index (χ0n) is 10.1. The lowest BCUT2D eigenvalue weighted by Crippen LogP contribution is -2.14. The van der Waals surface area contributed by atoms with Crippen LogP contribution < -0.4 is 11.0 Å². The lowest BCUT2D eigenvalue weighted by Gasteiger charge is -2.02. The Kier molecular flexibility index (Phi) is 2.71. The number of hydrogen-bond acceptors (Lipinski definition) is 7. The van der Waals surface area contributed by atoms with E-state index in [-0.39, 0.29) is 5.69 Å². The number of aromatic amines is 1. The number of fused-ring (bicyclic) bond motifs is 1. The molecule has 0 aliphatic heterocycles. The summed E-state index contributed by atoms with van der Waals surface area (Å²) >= 11 is 0. The third-order valence-corrected chi connectivity index (χ3v) is 2.49. The van der Waals surface area contributed by atoms with Gasteiger partial charge in [0.1, 0.15) is 5.82 Å². The molecule has 0 unspecified atom stereocenters. The quantitative estimate of drug-likeness (QED) is 0.666. The Labute approximate surface area is 106 Å². The molecule has 0 aliphatic rings. The number of aryl methyl sites for hydroxylation is 1. The van der Waals surface area contributed by atoms with E-state index in [4.69, 9.17) is 4.52 Å². The van der Waals surface area contributed by atoms with Gasteiger partial charge < -0.3 is 9.84 Å². The number of rotatable bonds is 4. The van der Waals surface area contributed by atoms with E-state index >= 15 is 0 Å². The molecule has 3 aromatic heterocycles. The van der Waals surface area contributed by atoms with E-state index in [0.29, 0.717) is 36.1 Å². The van der Waals surface area contributed by atoms with Crippen molar-refractivity contribution in [3.63, 3.8) is 0 Å². The summed E-state index contributed by atoms with van der Waals surface area (Å²) in [5.41, 5.74) is 0.106. The molecule has 19 heavy (non-hydrogen) atoms. The summed E-state index contributed by atoms with van der Waals surface area (Å²) in [5, 5.41) is 17.0. The molecule has 0 saturated heterocycles. The predicted octanol–water partition coefficient (Wildman–Crippen LogP) is -0.236. The number of nitrogens with zero attached hydrogens (tertiary/aromatic N) is 5. The van der Waals surface area contributed by atoms with Crippen molar-refractivity contribution in [2.24, 2.45) is 0 Å². The second-order valence-electron chi connectivity index (χ2n) is 3.93. The molecule has 0 fully saturated rings. The van der Waals surface area contributed by atoms with Crippen LogP contribution in [0.2, 0.25) is 0 Å². The topological polar surface area (TPSA) is 114 Å². The van der Waals surface area contributed by atoms with Gasteiger partial charge in [0, 0.05) is 13.0 Å². The molecule has 3 aromatic rings. The third-order valence-electron chi connectivity index (χ3n) is 2.49. The van der Waals surface area contributed by atoms with Crippen molar-refractivity contribution < 1.29 is 4.52 Å². The Morgan fingerprint density at radius 3 is 3.16 bits per heavy atom. The number of anilines is 1. The lowest BCUT2D eigenvalue weighted by molar-refractivity contribution is 0.377. The fourth-order valence-electron chi connectivity index (χ4n) is 1.64. The van der Waals surface area contributed by atoms with E-state index in [1.54, 1.807) is 19.1 Å². The Balaban J connectivity index is 1.68. The molecule has 3 rings (SSSR count). The van der Waals surface area contributed by atoms with Crippen LogP contribution in [0.3, 0.4) is 0 Å². The van der Waals surface area contributed by atoms with E-state index in [2.05, 4.69) is 30.8 Å². The monoisotopic (exact) mass is 261 g/mol. The second kappa shape index (κ2) is 4.52. The van der Waals surface area contributed by atoms with Crippen LogP contribution in [-0.2, 0) is 6.42 Å². The van der Waals surface area contributed by atoms with E-state index in [1.165, 1.54) is 4.52 Å². The molecule has 0 radical (unpaired) electrons. The Morgan fingerprint density at radius 1 is 1.47 bits per heavy atom. The zero-order valence-corrected chi connectivity index (χ0v) is 10.1. The van der Waals surface area contributed by atoms with Crippen molar-refractivity contribution in [1.82, 2.24) is 30.0 Å². The van der Waals surface area contributed by atoms with E-state index < -0.39 is 0 Å². The minimum atomic E-state index is -0.369. The average molecular weight is 261 g/mol. The van der Waals surface area contributed by atoms with Crippen LogP contribution >= 0.6 is 0 Å². The summed E-state index contributed by atoms with van der Waals surface area (Å²) in [5.74, 6) is 1.75. The first-order chi connectivity index (χ1) is 9.22. The maximum atomic E-state index is 11.4. The maximum absolute atomic E-state index is 11.4. The highest BCUT2D eigenvalue weighted by Crippen LogP contribution is 2.03. The van der Waals surface area contributed by atoms with Crippen molar-refractivity contribution in [3.05, 3.63) is 34.3 Å². The van der Waals surface area contributed by atoms with Crippen LogP contribution in [0.1, 0.15) is 11.7 Å². The average Bonchev–Trinajstić information content (AvgIpc) is 2.97. The van der Waals surface area contributed by atoms with Crippen LogP contribution in [0.5, 0.6) is 0 Å². The predicted molar refractivity (Wildman–Crippen MR) is 64.8 cm³/mol. The number of hydrogen-bond donors (Lipinski definition) is 2. The van der Waals surface area contributed by atoms with Gasteiger partial charge in [-0.15, -0.1) is 5.10 Å². The highest BCUT2D eigenvalue weighted by molar-refractivity contribution is 5.42. The Morgan fingerprint density at radius 2 is 2.37 bits per heavy atom. The summed E-state index contributed by atoms with van der Waals surface area (Å²) in [4.78, 5) is 15.4. The maximum Gasteiger partial charge on any atom is 0.364 e. The molecule has 0 atom stereocenters. The van der Waals surface area contributed by atoms with Gasteiger partial charge in [0.25, 0.3) is 0 Å². The summed E-state index contributed by atoms with van der Waals surface area (Å²) in [6.07, 6.45) is 0.584. The van der Waals surface area contributed by atoms with Crippen molar-refractivity contribution in [1.29, 1.82) is 0 Å². The molecule has 0 amide bonds. The van der Waals surface area contributed by atoms with Gasteiger partial charge in [0.15, 0.2) is 11.5 Å². The summed E-state index contributed by atoms with van der Waals surface area (Å²) in [6, 6.07) is 3.44. The first kappa shape index (κ1) is 11.4. The summed E-state index contributed by atoms with van der Waals surface area (Å²) in [6.45, 7) is 2.34. The largest absolute Gasteiger partial charge is 0.368 e. The minimum Gasteiger partial charge on any atom is -0.368 e. The standard InChI is InChI=1S/C10H11N7O2/c1-6-12-9(19-16-6)4-5-11-7-2-3-8-13-14-10(18)17(8)15-7/h2-3H,4-5H2,1H3,(H,11,15)(H,14,18). The van der Waals surface area contributed by atoms with Crippen LogP contribution in [0.4, 0.5) is 5.82 Å². The van der Waals surface area contributed by atoms with Crippen molar-refractivity contribution in [2.75, 3.05) is 11.9 Å². The molecule has 2 N–H and O–H groups in total. The van der Waals surface area contributed by atoms with Crippen LogP contribution in [0, 0.1) is 6.92 Å². The Bertz CT molecular complexity index is 756. The number of nitrogens with one attached hydrogen (secondary N) is 2. The van der Waals surface area contributed by atoms with Gasteiger partial charge in [-0.05, 0) is 19.1 Å². The van der Waals surface area contributed by atoms with Crippen molar-refractivity contribution in [3.8, 4) is 0 Å². The first-order valence-corrected chi connectivity index (χ1v) is 5.70. The number of aromatic nitrogens is 6. The summed E-state index contributed by atoms with van der Waals surface area (Å²) < 4.78 is 6.18. The van der Waals surface area contributed by atoms with E-state index in [0.717, 1.165) is 0 Å². The molecule has 0 aromatic carbocycles. The van der Waals surface area contributed by atoms with Gasteiger partial charge >= 0.3 is 5.69 Å². The molecular weight excluding hydrogens is 250 g/mol. The van der Waals surface area contributed by atoms with Gasteiger partial charge in [-0.2, -0.15) is 14.6 Å². The van der Waals surface area contributed by atoms with Crippen molar-refractivity contribution in [2.45, 2.75) is 13.3 Å².